The van der Waals surface area contributed by atoms with Crippen molar-refractivity contribution in [2.24, 2.45) is 17.8 Å². The number of rotatable bonds is 9. The van der Waals surface area contributed by atoms with Crippen LogP contribution in [0.25, 0.3) is 0 Å². The minimum absolute atomic E-state index is 0. The first kappa shape index (κ1) is 22.2. The zero-order valence-corrected chi connectivity index (χ0v) is 11.7. The molecule has 0 heterocycles. The molecule has 108 valence electrons. The highest BCUT2D eigenvalue weighted by molar-refractivity contribution is 4.67. The van der Waals surface area contributed by atoms with Crippen molar-refractivity contribution in [3.63, 3.8) is 0 Å². The summed E-state index contributed by atoms with van der Waals surface area (Å²) in [5.41, 5.74) is 0. The molecule has 0 spiro atoms. The molecule has 0 N–H and O–H groups in total. The van der Waals surface area contributed by atoms with Gasteiger partial charge < -0.3 is 0 Å². The third-order valence-electron chi connectivity index (χ3n) is 4.22. The molecule has 0 aliphatic heterocycles. The molecule has 0 fully saturated rings. The third-order valence-corrected chi connectivity index (χ3v) is 4.22. The molecule has 17 heavy (non-hydrogen) atoms. The van der Waals surface area contributed by atoms with Gasteiger partial charge in [0.05, 0.1) is 0 Å². The summed E-state index contributed by atoms with van der Waals surface area (Å²) < 4.78 is 0. The summed E-state index contributed by atoms with van der Waals surface area (Å²) in [5.74, 6) is 2.94. The summed E-state index contributed by atoms with van der Waals surface area (Å²) in [6.07, 6.45) is 9.81. The van der Waals surface area contributed by atoms with Gasteiger partial charge in [-0.15, -0.1) is 0 Å². The van der Waals surface area contributed by atoms with Crippen molar-refractivity contribution in [3.05, 3.63) is 0 Å². The second kappa shape index (κ2) is 14.1. The van der Waals surface area contributed by atoms with Gasteiger partial charge >= 0.3 is 0 Å². The minimum Gasteiger partial charge on any atom is -0.0776 e. The van der Waals surface area contributed by atoms with E-state index in [9.17, 15) is 0 Å². The van der Waals surface area contributed by atoms with Crippen LogP contribution in [0.4, 0.5) is 0 Å². The predicted octanol–water partition coefficient (Wildman–Crippen LogP) is 6.94. The van der Waals surface area contributed by atoms with Crippen LogP contribution in [0.2, 0.25) is 0 Å². The Morgan fingerprint density at radius 2 is 0.706 bits per heavy atom. The zero-order valence-electron chi connectivity index (χ0n) is 11.7. The molecule has 0 amide bonds. The van der Waals surface area contributed by atoms with Crippen LogP contribution in [0.15, 0.2) is 0 Å². The summed E-state index contributed by atoms with van der Waals surface area (Å²) >= 11 is 0. The molecule has 0 saturated carbocycles. The molecule has 0 aliphatic rings. The van der Waals surface area contributed by atoms with Crippen LogP contribution in [0, 0.1) is 17.8 Å². The van der Waals surface area contributed by atoms with Gasteiger partial charge in [0.25, 0.3) is 0 Å². The molecular weight excluding hydrogens is 204 g/mol. The summed E-state index contributed by atoms with van der Waals surface area (Å²) in [6, 6.07) is 0. The van der Waals surface area contributed by atoms with Crippen LogP contribution in [0.5, 0.6) is 0 Å². The lowest BCUT2D eigenvalue weighted by molar-refractivity contribution is 0.278. The molecule has 0 aromatic carbocycles. The molecule has 0 nitrogen and oxygen atoms in total. The number of hydrogen-bond donors (Lipinski definition) is 0. The molecule has 0 bridgehead atoms. The minimum atomic E-state index is 0. The van der Waals surface area contributed by atoms with Crippen molar-refractivity contribution in [2.75, 3.05) is 0 Å². The van der Waals surface area contributed by atoms with Crippen LogP contribution >= 0.6 is 0 Å². The maximum Gasteiger partial charge on any atom is -0.0412 e. The van der Waals surface area contributed by atoms with Crippen LogP contribution in [0.3, 0.4) is 0 Å². The molecule has 0 unspecified atom stereocenters. The summed E-state index contributed by atoms with van der Waals surface area (Å²) in [6.45, 7) is 11.8. The Bertz CT molecular complexity index is 106. The van der Waals surface area contributed by atoms with E-state index in [2.05, 4.69) is 34.6 Å². The average Bonchev–Trinajstić information content (AvgIpc) is 2.30. The lowest BCUT2D eigenvalue weighted by Crippen LogP contribution is -2.12. The van der Waals surface area contributed by atoms with Crippen molar-refractivity contribution in [1.82, 2.24) is 0 Å². The van der Waals surface area contributed by atoms with Gasteiger partial charge in [-0.1, -0.05) is 81.6 Å². The highest BCUT2D eigenvalue weighted by atomic mass is 14.2. The van der Waals surface area contributed by atoms with Gasteiger partial charge in [0, 0.05) is 0 Å². The first-order chi connectivity index (χ1) is 7.21. The third kappa shape index (κ3) is 9.68. The van der Waals surface area contributed by atoms with Gasteiger partial charge in [0.15, 0.2) is 0 Å². The summed E-state index contributed by atoms with van der Waals surface area (Å²) in [5, 5.41) is 0. The van der Waals surface area contributed by atoms with Crippen LogP contribution < -0.4 is 0 Å². The maximum absolute atomic E-state index is 2.37. The first-order valence-corrected chi connectivity index (χ1v) is 7.21. The number of hydrogen-bond acceptors (Lipinski definition) is 0. The average molecular weight is 245 g/mol. The van der Waals surface area contributed by atoms with E-state index < -0.39 is 0 Å². The van der Waals surface area contributed by atoms with Gasteiger partial charge in [-0.3, -0.25) is 0 Å². The Labute approximate surface area is 113 Å². The van der Waals surface area contributed by atoms with E-state index in [1.165, 1.54) is 44.9 Å². The van der Waals surface area contributed by atoms with Crippen LogP contribution in [0.1, 0.15) is 94.4 Å². The Morgan fingerprint density at radius 1 is 0.471 bits per heavy atom. The lowest BCUT2D eigenvalue weighted by Gasteiger charge is -2.24. The van der Waals surface area contributed by atoms with Crippen LogP contribution in [-0.2, 0) is 0 Å². The standard InChI is InChI=1S/C15H32.2CH4/c1-6-13(7-2)11-15(10-5)12-14(8-3)9-4;;/h13-15H,6-12H2,1-5H3;2*1H4. The summed E-state index contributed by atoms with van der Waals surface area (Å²) in [7, 11) is 0. The van der Waals surface area contributed by atoms with Crippen molar-refractivity contribution in [1.29, 1.82) is 0 Å². The SMILES string of the molecule is C.C.CCC(CC)CC(CC)CC(CC)CC. The Balaban J connectivity index is -0.000000980. The second-order valence-corrected chi connectivity index (χ2v) is 5.11. The highest BCUT2D eigenvalue weighted by Gasteiger charge is 2.16. The van der Waals surface area contributed by atoms with Crippen molar-refractivity contribution in [3.8, 4) is 0 Å². The fourth-order valence-corrected chi connectivity index (χ4v) is 2.62. The predicted molar refractivity (Wildman–Crippen MR) is 84.6 cm³/mol. The Kier molecular flexibility index (Phi) is 18.4. The quantitative estimate of drug-likeness (QED) is 0.412. The fraction of sp³-hybridized carbons (Fsp3) is 1.00. The molecule has 0 aromatic rings. The largest absolute Gasteiger partial charge is 0.0776 e. The van der Waals surface area contributed by atoms with E-state index in [0.29, 0.717) is 0 Å². The lowest BCUT2D eigenvalue weighted by atomic mass is 9.82. The zero-order chi connectivity index (χ0) is 11.7. The molecule has 0 aliphatic carbocycles. The van der Waals surface area contributed by atoms with E-state index in [1.54, 1.807) is 0 Å². The topological polar surface area (TPSA) is 0 Å². The second-order valence-electron chi connectivity index (χ2n) is 5.11. The monoisotopic (exact) mass is 244 g/mol. The summed E-state index contributed by atoms with van der Waals surface area (Å²) in [4.78, 5) is 0. The fourth-order valence-electron chi connectivity index (χ4n) is 2.62. The maximum atomic E-state index is 2.37. The molecule has 0 radical (unpaired) electrons. The van der Waals surface area contributed by atoms with E-state index in [4.69, 9.17) is 0 Å². The van der Waals surface area contributed by atoms with Crippen molar-refractivity contribution < 1.29 is 0 Å². The smallest absolute Gasteiger partial charge is 0.0412 e. The van der Waals surface area contributed by atoms with E-state index in [0.717, 1.165) is 17.8 Å². The van der Waals surface area contributed by atoms with E-state index in [1.807, 2.05) is 0 Å². The van der Waals surface area contributed by atoms with Crippen LogP contribution in [-0.4, -0.2) is 0 Å². The normalized spacial score (nSPS) is 10.6. The van der Waals surface area contributed by atoms with Gasteiger partial charge in [-0.25, -0.2) is 0 Å². The molecule has 0 aromatic heterocycles. The van der Waals surface area contributed by atoms with Gasteiger partial charge in [0.2, 0.25) is 0 Å². The molecule has 0 heteroatoms. The van der Waals surface area contributed by atoms with Crippen molar-refractivity contribution >= 4 is 0 Å². The highest BCUT2D eigenvalue weighted by Crippen LogP contribution is 2.28. The molecule has 0 atom stereocenters. The van der Waals surface area contributed by atoms with Gasteiger partial charge in [-0.2, -0.15) is 0 Å². The molecule has 0 rings (SSSR count). The van der Waals surface area contributed by atoms with E-state index in [-0.39, 0.29) is 14.9 Å². The Hall–Kier alpha value is 0. The van der Waals surface area contributed by atoms with Gasteiger partial charge in [-0.05, 0) is 30.6 Å². The molecular formula is C17H40. The molecule has 0 saturated heterocycles. The first-order valence-electron chi connectivity index (χ1n) is 7.21. The van der Waals surface area contributed by atoms with E-state index >= 15 is 0 Å². The van der Waals surface area contributed by atoms with Gasteiger partial charge in [0.1, 0.15) is 0 Å². The Morgan fingerprint density at radius 3 is 0.882 bits per heavy atom. The van der Waals surface area contributed by atoms with Crippen molar-refractivity contribution in [2.45, 2.75) is 94.4 Å².